The molecule has 0 spiro atoms. The Morgan fingerprint density at radius 2 is 1.54 bits per heavy atom. The molecule has 8 unspecified atom stereocenters. The molecule has 274 valence electrons. The van der Waals surface area contributed by atoms with Gasteiger partial charge in [-0.25, -0.2) is 8.42 Å². The minimum Gasteiger partial charge on any atom is -0.481 e. The van der Waals surface area contributed by atoms with E-state index in [9.17, 15) is 23.1 Å². The Morgan fingerprint density at radius 1 is 0.833 bits per heavy atom. The van der Waals surface area contributed by atoms with Gasteiger partial charge in [-0.3, -0.25) is 9.59 Å². The summed E-state index contributed by atoms with van der Waals surface area (Å²) < 4.78 is 30.1. The second-order valence-electron chi connectivity index (χ2n) is 19.5. The van der Waals surface area contributed by atoms with E-state index in [2.05, 4.69) is 44.8 Å². The molecule has 48 heavy (non-hydrogen) atoms. The van der Waals surface area contributed by atoms with Gasteiger partial charge >= 0.3 is 11.9 Å². The average Bonchev–Trinajstić information content (AvgIpc) is 3.39. The van der Waals surface area contributed by atoms with Crippen molar-refractivity contribution in [2.24, 2.45) is 50.7 Å². The first-order valence-corrected chi connectivity index (χ1v) is 21.2. The lowest BCUT2D eigenvalue weighted by Gasteiger charge is -2.72. The SMILES string of the molecule is CC(C)(CC(=O)O)CC(=O)OC1CCC2(C)C(CCC3(C)C2CCC2C4CCCC4(NCCN4CCS(=O)(=O)CC4)CC[C@]23C)C1(C)C. The van der Waals surface area contributed by atoms with Crippen LogP contribution in [0, 0.1) is 50.7 Å². The second-order valence-corrected chi connectivity index (χ2v) is 21.8. The number of carbonyl (C=O) groups is 2. The minimum absolute atomic E-state index is 0.0399. The van der Waals surface area contributed by atoms with Crippen LogP contribution in [0.1, 0.15) is 132 Å². The van der Waals surface area contributed by atoms with Gasteiger partial charge in [0.1, 0.15) is 6.10 Å². The van der Waals surface area contributed by atoms with Crippen LogP contribution >= 0.6 is 0 Å². The molecule has 5 aliphatic carbocycles. The van der Waals surface area contributed by atoms with E-state index in [-0.39, 0.29) is 46.7 Å². The Balaban J connectivity index is 1.14. The lowest BCUT2D eigenvalue weighted by molar-refractivity contribution is -0.245. The van der Waals surface area contributed by atoms with Crippen molar-refractivity contribution in [3.63, 3.8) is 0 Å². The highest BCUT2D eigenvalue weighted by Crippen LogP contribution is 2.76. The number of fused-ring (bicyclic) bond motifs is 7. The number of ether oxygens (including phenoxy) is 1. The Morgan fingerprint density at radius 3 is 2.23 bits per heavy atom. The summed E-state index contributed by atoms with van der Waals surface area (Å²) in [6.07, 6.45) is 13.4. The van der Waals surface area contributed by atoms with Crippen molar-refractivity contribution in [1.29, 1.82) is 0 Å². The molecule has 0 radical (unpaired) electrons. The first kappa shape index (κ1) is 36.6. The Labute approximate surface area is 291 Å². The van der Waals surface area contributed by atoms with Gasteiger partial charge in [0.15, 0.2) is 9.84 Å². The van der Waals surface area contributed by atoms with Crippen LogP contribution in [0.3, 0.4) is 0 Å². The normalized spacial score (nSPS) is 43.7. The number of carboxylic acid groups (broad SMARTS) is 1. The van der Waals surface area contributed by atoms with Gasteiger partial charge in [0.2, 0.25) is 0 Å². The third-order valence-corrected chi connectivity index (χ3v) is 17.8. The number of carboxylic acids is 1. The number of hydrogen-bond donors (Lipinski definition) is 2. The summed E-state index contributed by atoms with van der Waals surface area (Å²) in [7, 11) is -2.85. The van der Waals surface area contributed by atoms with Crippen LogP contribution in [0.4, 0.5) is 0 Å². The average molecular weight is 691 g/mol. The Kier molecular flexibility index (Phi) is 9.52. The van der Waals surface area contributed by atoms with Crippen LogP contribution < -0.4 is 5.32 Å². The zero-order valence-corrected chi connectivity index (χ0v) is 32.0. The molecule has 2 N–H and O–H groups in total. The molecule has 0 aromatic rings. The van der Waals surface area contributed by atoms with Gasteiger partial charge in [-0.2, -0.15) is 0 Å². The van der Waals surface area contributed by atoms with Crippen molar-refractivity contribution in [3.05, 3.63) is 0 Å². The molecule has 6 aliphatic rings. The molecule has 0 bridgehead atoms. The van der Waals surface area contributed by atoms with Crippen LogP contribution in [-0.4, -0.2) is 79.7 Å². The summed E-state index contributed by atoms with van der Waals surface area (Å²) in [5.41, 5.74) is 0.292. The highest BCUT2D eigenvalue weighted by Gasteiger charge is 2.70. The smallest absolute Gasteiger partial charge is 0.306 e. The van der Waals surface area contributed by atoms with Crippen molar-refractivity contribution < 1.29 is 27.9 Å². The molecule has 9 heteroatoms. The topological polar surface area (TPSA) is 113 Å². The Bertz CT molecular complexity index is 1350. The predicted molar refractivity (Wildman–Crippen MR) is 189 cm³/mol. The number of nitrogens with zero attached hydrogens (tertiary/aromatic N) is 1. The van der Waals surface area contributed by atoms with Gasteiger partial charge in [0.25, 0.3) is 0 Å². The van der Waals surface area contributed by atoms with E-state index in [1.165, 1.54) is 57.8 Å². The van der Waals surface area contributed by atoms with Gasteiger partial charge in [0, 0.05) is 37.1 Å². The third-order valence-electron chi connectivity index (χ3n) is 16.2. The fraction of sp³-hybridized carbons (Fsp3) is 0.949. The molecular formula is C39H66N2O6S. The number of sulfone groups is 1. The predicted octanol–water partition coefficient (Wildman–Crippen LogP) is 6.72. The lowest BCUT2D eigenvalue weighted by atomic mass is 9.33. The fourth-order valence-corrected chi connectivity index (χ4v) is 14.8. The minimum atomic E-state index is -2.85. The lowest BCUT2D eigenvalue weighted by Crippen LogP contribution is -2.68. The fourth-order valence-electron chi connectivity index (χ4n) is 13.6. The van der Waals surface area contributed by atoms with Gasteiger partial charge in [-0.1, -0.05) is 54.9 Å². The van der Waals surface area contributed by atoms with Gasteiger partial charge in [-0.05, 0) is 110 Å². The van der Waals surface area contributed by atoms with Gasteiger partial charge in [-0.15, -0.1) is 0 Å². The van der Waals surface area contributed by atoms with Crippen LogP contribution in [0.25, 0.3) is 0 Å². The van der Waals surface area contributed by atoms with Crippen molar-refractivity contribution in [3.8, 4) is 0 Å². The van der Waals surface area contributed by atoms with Crippen molar-refractivity contribution in [1.82, 2.24) is 10.2 Å². The van der Waals surface area contributed by atoms with Crippen LogP contribution in [0.15, 0.2) is 0 Å². The number of aliphatic carboxylic acids is 1. The molecule has 1 saturated heterocycles. The largest absolute Gasteiger partial charge is 0.481 e. The van der Waals surface area contributed by atoms with Crippen molar-refractivity contribution >= 4 is 21.8 Å². The first-order valence-electron chi connectivity index (χ1n) is 19.4. The number of hydrogen-bond acceptors (Lipinski definition) is 7. The highest BCUT2D eigenvalue weighted by molar-refractivity contribution is 7.91. The summed E-state index contributed by atoms with van der Waals surface area (Å²) in [5.74, 6) is 2.08. The summed E-state index contributed by atoms with van der Waals surface area (Å²) in [6.45, 7) is 19.6. The molecule has 9 atom stereocenters. The first-order chi connectivity index (χ1) is 22.3. The Hall–Kier alpha value is -1.19. The quantitative estimate of drug-likeness (QED) is 0.257. The highest BCUT2D eigenvalue weighted by atomic mass is 32.2. The van der Waals surface area contributed by atoms with E-state index >= 15 is 0 Å². The van der Waals surface area contributed by atoms with Crippen molar-refractivity contribution in [2.45, 2.75) is 144 Å². The maximum Gasteiger partial charge on any atom is 0.306 e. The molecule has 0 aromatic carbocycles. The summed E-state index contributed by atoms with van der Waals surface area (Å²) in [4.78, 5) is 26.8. The third kappa shape index (κ3) is 6.20. The van der Waals surface area contributed by atoms with Gasteiger partial charge in [0.05, 0.1) is 24.3 Å². The van der Waals surface area contributed by atoms with Crippen LogP contribution in [-0.2, 0) is 24.2 Å². The summed E-state index contributed by atoms with van der Waals surface area (Å²) in [5, 5.41) is 13.5. The van der Waals surface area contributed by atoms with Crippen molar-refractivity contribution in [2.75, 3.05) is 37.7 Å². The molecular weight excluding hydrogens is 625 g/mol. The molecule has 5 saturated carbocycles. The summed E-state index contributed by atoms with van der Waals surface area (Å²) in [6, 6.07) is 0. The zero-order valence-electron chi connectivity index (χ0n) is 31.2. The van der Waals surface area contributed by atoms with Crippen LogP contribution in [0.5, 0.6) is 0 Å². The molecule has 0 amide bonds. The monoisotopic (exact) mass is 690 g/mol. The molecule has 6 rings (SSSR count). The summed E-state index contributed by atoms with van der Waals surface area (Å²) >= 11 is 0. The van der Waals surface area contributed by atoms with E-state index in [4.69, 9.17) is 4.74 Å². The van der Waals surface area contributed by atoms with E-state index < -0.39 is 21.2 Å². The van der Waals surface area contributed by atoms with E-state index in [1.807, 2.05) is 13.8 Å². The standard InChI is InChI=1S/C39H66N2O6S/c1-34(2,25-32(42)43)26-33(44)47-31-13-15-36(5)29(35(31,3)4)12-16-38(7)30(36)11-10-27-28-9-8-14-39(28,18-17-37(27,38)6)40-19-20-41-21-23-48(45,46)24-22-41/h27-31,40H,8-26H2,1-7H3,(H,42,43)/t27?,28?,29?,30?,31?,36?,37-,38?,39?/m1/s1. The maximum atomic E-state index is 13.2. The number of esters is 1. The van der Waals surface area contributed by atoms with E-state index in [1.54, 1.807) is 0 Å². The second kappa shape index (κ2) is 12.5. The number of carbonyl (C=O) groups excluding carboxylic acids is 1. The molecule has 0 aromatic heterocycles. The zero-order chi connectivity index (χ0) is 35.0. The number of nitrogens with one attached hydrogen (secondary N) is 1. The molecule has 8 nitrogen and oxygen atoms in total. The van der Waals surface area contributed by atoms with E-state index in [0.29, 0.717) is 41.8 Å². The van der Waals surface area contributed by atoms with E-state index in [0.717, 1.165) is 37.8 Å². The molecule has 1 aliphatic heterocycles. The van der Waals surface area contributed by atoms with Gasteiger partial charge < -0.3 is 20.1 Å². The maximum absolute atomic E-state index is 13.2. The number of rotatable bonds is 9. The van der Waals surface area contributed by atoms with Crippen LogP contribution in [0.2, 0.25) is 0 Å². The molecule has 6 fully saturated rings. The molecule has 1 heterocycles.